The number of hydrogen-bond donors (Lipinski definition) is 0. The van der Waals surface area contributed by atoms with E-state index in [9.17, 15) is 9.18 Å². The summed E-state index contributed by atoms with van der Waals surface area (Å²) < 4.78 is 12.4. The summed E-state index contributed by atoms with van der Waals surface area (Å²) >= 11 is 0. The lowest BCUT2D eigenvalue weighted by atomic mass is 10.2. The van der Waals surface area contributed by atoms with Gasteiger partial charge in [0.1, 0.15) is 24.3 Å². The Labute approximate surface area is 92.2 Å². The molecular weight excluding hydrogens is 209 g/mol. The highest BCUT2D eigenvalue weighted by Crippen LogP contribution is 2.01. The molecule has 2 aromatic rings. The first-order valence-corrected chi connectivity index (χ1v) is 4.52. The van der Waals surface area contributed by atoms with Crippen molar-refractivity contribution < 1.29 is 9.18 Å². The second-order valence-electron chi connectivity index (χ2n) is 2.82. The molecule has 5 heteroatoms. The van der Waals surface area contributed by atoms with E-state index in [1.165, 1.54) is 24.8 Å². The summed E-state index contributed by atoms with van der Waals surface area (Å²) in [5.74, 6) is 0.294. The molecule has 1 aromatic heterocycles. The normalized spacial score (nSPS) is 8.88. The minimum atomic E-state index is -0.465. The van der Waals surface area contributed by atoms with Gasteiger partial charge in [0.25, 0.3) is 0 Å². The lowest BCUT2D eigenvalue weighted by Crippen LogP contribution is -1.84. The highest BCUT2D eigenvalue weighted by molar-refractivity contribution is 5.74. The molecule has 0 aliphatic heterocycles. The lowest BCUT2D eigenvalue weighted by molar-refractivity contribution is 0.112. The van der Waals surface area contributed by atoms with E-state index in [-0.39, 0.29) is 5.56 Å². The summed E-state index contributed by atoms with van der Waals surface area (Å²) in [5, 5.41) is 0. The molecule has 1 aromatic carbocycles. The van der Waals surface area contributed by atoms with Gasteiger partial charge in [-0.3, -0.25) is 4.79 Å². The molecule has 0 fully saturated rings. The molecule has 0 atom stereocenters. The molecule has 0 saturated heterocycles. The van der Waals surface area contributed by atoms with Crippen LogP contribution in [0.5, 0.6) is 0 Å². The summed E-state index contributed by atoms with van der Waals surface area (Å²) in [6, 6.07) is 5.85. The summed E-state index contributed by atoms with van der Waals surface area (Å²) in [5.41, 5.74) is 0.109. The van der Waals surface area contributed by atoms with E-state index >= 15 is 0 Å². The Morgan fingerprint density at radius 1 is 1.19 bits per heavy atom. The van der Waals surface area contributed by atoms with Gasteiger partial charge in [-0.1, -0.05) is 12.1 Å². The molecule has 0 aliphatic carbocycles. The van der Waals surface area contributed by atoms with E-state index in [4.69, 9.17) is 0 Å². The molecule has 0 aliphatic rings. The predicted molar refractivity (Wildman–Crippen MR) is 56.4 cm³/mol. The fourth-order valence-electron chi connectivity index (χ4n) is 0.868. The number of hydrogen-bond acceptors (Lipinski definition) is 4. The Balaban J connectivity index is 0.000000165. The average Bonchev–Trinajstić information content (AvgIpc) is 2.31. The van der Waals surface area contributed by atoms with Crippen LogP contribution in [0, 0.1) is 12.7 Å². The maximum Gasteiger partial charge on any atom is 0.152 e. The fourth-order valence-corrected chi connectivity index (χ4v) is 0.868. The maximum atomic E-state index is 12.4. The van der Waals surface area contributed by atoms with Crippen molar-refractivity contribution in [3.63, 3.8) is 0 Å². The first-order valence-electron chi connectivity index (χ1n) is 4.52. The number of benzene rings is 1. The molecule has 0 spiro atoms. The van der Waals surface area contributed by atoms with Gasteiger partial charge >= 0.3 is 0 Å². The van der Waals surface area contributed by atoms with Gasteiger partial charge in [0, 0.05) is 0 Å². The Hall–Kier alpha value is -2.17. The Kier molecular flexibility index (Phi) is 4.72. The molecule has 2 rings (SSSR count). The molecule has 0 N–H and O–H groups in total. The van der Waals surface area contributed by atoms with Crippen molar-refractivity contribution >= 4 is 6.29 Å². The van der Waals surface area contributed by atoms with Gasteiger partial charge in [0.05, 0.1) is 5.56 Å². The molecule has 0 unspecified atom stereocenters. The minimum Gasteiger partial charge on any atom is -0.298 e. The van der Waals surface area contributed by atoms with Gasteiger partial charge in [-0.05, 0) is 19.1 Å². The van der Waals surface area contributed by atoms with Crippen LogP contribution in [0.15, 0.2) is 36.9 Å². The van der Waals surface area contributed by atoms with E-state index in [0.717, 1.165) is 5.82 Å². The van der Waals surface area contributed by atoms with Crippen molar-refractivity contribution in [2.45, 2.75) is 6.92 Å². The third-order valence-electron chi connectivity index (χ3n) is 1.65. The van der Waals surface area contributed by atoms with Crippen LogP contribution < -0.4 is 0 Å². The van der Waals surface area contributed by atoms with E-state index < -0.39 is 5.82 Å². The third kappa shape index (κ3) is 3.91. The van der Waals surface area contributed by atoms with E-state index in [2.05, 4.69) is 15.0 Å². The van der Waals surface area contributed by atoms with Crippen molar-refractivity contribution in [1.29, 1.82) is 0 Å². The molecule has 4 nitrogen and oxygen atoms in total. The van der Waals surface area contributed by atoms with Crippen LogP contribution >= 0.6 is 0 Å². The van der Waals surface area contributed by atoms with Gasteiger partial charge in [-0.15, -0.1) is 0 Å². The van der Waals surface area contributed by atoms with Crippen molar-refractivity contribution in [3.05, 3.63) is 54.1 Å². The zero-order chi connectivity index (χ0) is 11.8. The topological polar surface area (TPSA) is 55.7 Å². The molecule has 82 valence electrons. The third-order valence-corrected chi connectivity index (χ3v) is 1.65. The maximum absolute atomic E-state index is 12.4. The fraction of sp³-hybridized carbons (Fsp3) is 0.0909. The zero-order valence-corrected chi connectivity index (χ0v) is 8.67. The summed E-state index contributed by atoms with van der Waals surface area (Å²) in [7, 11) is 0. The Morgan fingerprint density at radius 3 is 2.19 bits per heavy atom. The molecule has 1 heterocycles. The van der Waals surface area contributed by atoms with Crippen LogP contribution in [0.2, 0.25) is 0 Å². The van der Waals surface area contributed by atoms with Gasteiger partial charge in [0.2, 0.25) is 0 Å². The number of aldehydes is 1. The van der Waals surface area contributed by atoms with Crippen LogP contribution in [-0.2, 0) is 0 Å². The highest BCUT2D eigenvalue weighted by Gasteiger charge is 1.94. The van der Waals surface area contributed by atoms with E-state index in [0.29, 0.717) is 6.29 Å². The SMILES string of the molecule is Cc1ncncn1.O=Cc1ccccc1F. The van der Waals surface area contributed by atoms with Crippen LogP contribution in [0.4, 0.5) is 4.39 Å². The number of aromatic nitrogens is 3. The van der Waals surface area contributed by atoms with Crippen LogP contribution in [0.1, 0.15) is 16.2 Å². The monoisotopic (exact) mass is 219 g/mol. The van der Waals surface area contributed by atoms with Crippen LogP contribution in [-0.4, -0.2) is 21.2 Å². The quantitative estimate of drug-likeness (QED) is 0.686. The van der Waals surface area contributed by atoms with E-state index in [1.807, 2.05) is 6.92 Å². The molecule has 0 bridgehead atoms. The number of carbonyl (C=O) groups is 1. The number of carbonyl (C=O) groups excluding carboxylic acids is 1. The lowest BCUT2D eigenvalue weighted by Gasteiger charge is -1.88. The highest BCUT2D eigenvalue weighted by atomic mass is 19.1. The molecule has 16 heavy (non-hydrogen) atoms. The van der Waals surface area contributed by atoms with Crippen LogP contribution in [0.25, 0.3) is 0 Å². The van der Waals surface area contributed by atoms with Crippen molar-refractivity contribution in [2.75, 3.05) is 0 Å². The average molecular weight is 219 g/mol. The first-order chi connectivity index (χ1) is 7.74. The largest absolute Gasteiger partial charge is 0.298 e. The zero-order valence-electron chi connectivity index (χ0n) is 8.67. The smallest absolute Gasteiger partial charge is 0.152 e. The second kappa shape index (κ2) is 6.34. The molecular formula is C11H10FN3O. The van der Waals surface area contributed by atoms with Crippen molar-refractivity contribution in [1.82, 2.24) is 15.0 Å². The predicted octanol–water partition coefficient (Wildman–Crippen LogP) is 1.82. The standard InChI is InChI=1S/C7H5FO.C4H5N3/c8-7-4-2-1-3-6(7)5-9;1-4-6-2-5-3-7-4/h1-5H;2-3H,1H3. The van der Waals surface area contributed by atoms with Gasteiger partial charge in [-0.25, -0.2) is 19.3 Å². The number of aryl methyl sites for hydroxylation is 1. The number of halogens is 1. The second-order valence-corrected chi connectivity index (χ2v) is 2.82. The first kappa shape index (κ1) is 11.9. The summed E-state index contributed by atoms with van der Waals surface area (Å²) in [4.78, 5) is 21.1. The van der Waals surface area contributed by atoms with Crippen LogP contribution in [0.3, 0.4) is 0 Å². The van der Waals surface area contributed by atoms with Crippen molar-refractivity contribution in [3.8, 4) is 0 Å². The molecule has 0 saturated carbocycles. The van der Waals surface area contributed by atoms with Gasteiger partial charge in [-0.2, -0.15) is 0 Å². The van der Waals surface area contributed by atoms with E-state index in [1.54, 1.807) is 12.1 Å². The Morgan fingerprint density at radius 2 is 1.81 bits per heavy atom. The molecule has 0 radical (unpaired) electrons. The Bertz CT molecular complexity index is 448. The van der Waals surface area contributed by atoms with Crippen molar-refractivity contribution in [2.24, 2.45) is 0 Å². The minimum absolute atomic E-state index is 0.109. The summed E-state index contributed by atoms with van der Waals surface area (Å²) in [6.45, 7) is 1.82. The number of nitrogens with zero attached hydrogens (tertiary/aromatic N) is 3. The summed E-state index contributed by atoms with van der Waals surface area (Å²) in [6.07, 6.45) is 3.44. The van der Waals surface area contributed by atoms with Gasteiger partial charge < -0.3 is 0 Å². The van der Waals surface area contributed by atoms with Gasteiger partial charge in [0.15, 0.2) is 6.29 Å². The molecule has 0 amide bonds. The number of rotatable bonds is 1.